The molecule has 0 spiro atoms. The van der Waals surface area contributed by atoms with Crippen molar-refractivity contribution in [1.29, 1.82) is 0 Å². The van der Waals surface area contributed by atoms with Gasteiger partial charge in [0.05, 0.1) is 19.0 Å². The van der Waals surface area contributed by atoms with E-state index >= 15 is 0 Å². The fourth-order valence-corrected chi connectivity index (χ4v) is 3.60. The van der Waals surface area contributed by atoms with Crippen LogP contribution >= 0.6 is 11.8 Å². The Morgan fingerprint density at radius 3 is 2.69 bits per heavy atom. The predicted molar refractivity (Wildman–Crippen MR) is 118 cm³/mol. The Hall–Kier alpha value is -4.19. The first-order valence-electron chi connectivity index (χ1n) is 9.34. The van der Waals surface area contributed by atoms with E-state index in [1.54, 1.807) is 19.2 Å². The van der Waals surface area contributed by atoms with Crippen LogP contribution < -0.4 is 15.9 Å². The topological polar surface area (TPSA) is 146 Å². The average molecular weight is 450 g/mol. The molecular weight excluding hydrogens is 432 g/mol. The number of carbonyl (C=O) groups is 1. The van der Waals surface area contributed by atoms with Crippen LogP contribution in [0.4, 0.5) is 5.82 Å². The Balaban J connectivity index is 1.55. The Labute approximate surface area is 186 Å². The summed E-state index contributed by atoms with van der Waals surface area (Å²) in [6, 6.07) is 16.9. The van der Waals surface area contributed by atoms with E-state index in [9.17, 15) is 4.79 Å². The molecule has 0 atom stereocenters. The van der Waals surface area contributed by atoms with Crippen molar-refractivity contribution in [2.24, 2.45) is 5.10 Å². The molecule has 0 bridgehead atoms. The van der Waals surface area contributed by atoms with E-state index in [0.717, 1.165) is 16.2 Å². The highest BCUT2D eigenvalue weighted by Gasteiger charge is 2.24. The van der Waals surface area contributed by atoms with Gasteiger partial charge in [0.2, 0.25) is 11.6 Å². The highest BCUT2D eigenvalue weighted by atomic mass is 32.2. The van der Waals surface area contributed by atoms with Gasteiger partial charge in [-0.15, -0.1) is 16.9 Å². The normalized spacial score (nSPS) is 11.0. The van der Waals surface area contributed by atoms with Gasteiger partial charge in [0.15, 0.2) is 5.69 Å². The Bertz CT molecular complexity index is 1220. The lowest BCUT2D eigenvalue weighted by Crippen LogP contribution is -2.20. The number of nitrogens with one attached hydrogen (secondary N) is 1. The Morgan fingerprint density at radius 2 is 2.00 bits per heavy atom. The summed E-state index contributed by atoms with van der Waals surface area (Å²) in [4.78, 5) is 13.8. The first-order valence-corrected chi connectivity index (χ1v) is 10.3. The minimum absolute atomic E-state index is 0.0327. The molecule has 11 nitrogen and oxygen atoms in total. The van der Waals surface area contributed by atoms with Crippen molar-refractivity contribution in [2.75, 3.05) is 12.8 Å². The minimum Gasteiger partial charge on any atom is -0.497 e. The van der Waals surface area contributed by atoms with Crippen LogP contribution in [0.25, 0.3) is 5.82 Å². The van der Waals surface area contributed by atoms with Gasteiger partial charge in [0, 0.05) is 10.6 Å². The van der Waals surface area contributed by atoms with Crippen LogP contribution in [0.5, 0.6) is 5.75 Å². The number of hydrazone groups is 1. The maximum atomic E-state index is 12.8. The molecule has 162 valence electrons. The molecule has 0 fully saturated rings. The van der Waals surface area contributed by atoms with Crippen molar-refractivity contribution >= 4 is 29.7 Å². The third-order valence-corrected chi connectivity index (χ3v) is 5.31. The lowest BCUT2D eigenvalue weighted by Gasteiger charge is -2.05. The highest BCUT2D eigenvalue weighted by Crippen LogP contribution is 2.25. The second kappa shape index (κ2) is 9.75. The van der Waals surface area contributed by atoms with E-state index < -0.39 is 5.91 Å². The number of nitrogens with two attached hydrogens (primary N) is 1. The maximum absolute atomic E-state index is 12.8. The molecule has 32 heavy (non-hydrogen) atoms. The smallest absolute Gasteiger partial charge is 0.293 e. The summed E-state index contributed by atoms with van der Waals surface area (Å²) in [7, 11) is 1.59. The van der Waals surface area contributed by atoms with Crippen LogP contribution in [0.1, 0.15) is 21.7 Å². The molecule has 4 rings (SSSR count). The molecule has 4 aromatic rings. The third-order valence-electron chi connectivity index (χ3n) is 4.29. The van der Waals surface area contributed by atoms with Crippen LogP contribution in [-0.4, -0.2) is 44.5 Å². The van der Waals surface area contributed by atoms with Gasteiger partial charge in [-0.1, -0.05) is 23.4 Å². The van der Waals surface area contributed by atoms with Gasteiger partial charge in [-0.2, -0.15) is 9.78 Å². The first-order chi connectivity index (χ1) is 15.7. The molecule has 0 aliphatic heterocycles. The van der Waals surface area contributed by atoms with Crippen molar-refractivity contribution in [2.45, 2.75) is 10.6 Å². The van der Waals surface area contributed by atoms with E-state index in [2.05, 4.69) is 35.8 Å². The van der Waals surface area contributed by atoms with Gasteiger partial charge in [-0.3, -0.25) is 4.79 Å². The zero-order valence-electron chi connectivity index (χ0n) is 16.9. The number of nitrogens with zero attached hydrogens (tertiary/aromatic N) is 6. The summed E-state index contributed by atoms with van der Waals surface area (Å²) in [5, 5.41) is 19.4. The van der Waals surface area contributed by atoms with Crippen LogP contribution in [0.3, 0.4) is 0 Å². The van der Waals surface area contributed by atoms with Crippen molar-refractivity contribution in [1.82, 2.24) is 30.7 Å². The molecule has 2 heterocycles. The number of carbonyl (C=O) groups excluding carboxylic acids is 1. The van der Waals surface area contributed by atoms with Crippen molar-refractivity contribution in [3.63, 3.8) is 0 Å². The van der Waals surface area contributed by atoms with Crippen molar-refractivity contribution in [3.05, 3.63) is 71.5 Å². The molecule has 0 aliphatic carbocycles. The molecule has 0 unspecified atom stereocenters. The predicted octanol–water partition coefficient (Wildman–Crippen LogP) is 2.30. The van der Waals surface area contributed by atoms with Crippen LogP contribution in [0.15, 0.2) is 69.2 Å². The molecule has 0 saturated carbocycles. The number of nitrogen functional groups attached to an aromatic ring is 1. The average Bonchev–Trinajstić information content (AvgIpc) is 3.44. The zero-order chi connectivity index (χ0) is 22.3. The number of benzene rings is 2. The number of methoxy groups -OCH3 is 1. The number of aromatic nitrogens is 5. The molecule has 2 aromatic carbocycles. The molecule has 1 amide bonds. The summed E-state index contributed by atoms with van der Waals surface area (Å²) in [6.45, 7) is 0. The largest absolute Gasteiger partial charge is 0.497 e. The molecule has 3 N–H and O–H groups in total. The number of hydrogen-bond acceptors (Lipinski definition) is 10. The summed E-state index contributed by atoms with van der Waals surface area (Å²) < 4.78 is 11.1. The molecule has 0 saturated heterocycles. The first kappa shape index (κ1) is 21.1. The second-order valence-electron chi connectivity index (χ2n) is 6.34. The lowest BCUT2D eigenvalue weighted by atomic mass is 10.2. The van der Waals surface area contributed by atoms with E-state index in [-0.39, 0.29) is 17.3 Å². The maximum Gasteiger partial charge on any atom is 0.293 e. The molecular formula is C20H18N8O3S. The Kier molecular flexibility index (Phi) is 6.41. The number of ether oxygens (including phenoxy) is 1. The van der Waals surface area contributed by atoms with Crippen molar-refractivity contribution in [3.8, 4) is 11.6 Å². The monoisotopic (exact) mass is 450 g/mol. The number of rotatable bonds is 8. The van der Waals surface area contributed by atoms with E-state index in [4.69, 9.17) is 10.5 Å². The minimum atomic E-state index is -0.528. The quantitative estimate of drug-likeness (QED) is 0.234. The fraction of sp³-hybridized carbons (Fsp3) is 0.100. The van der Waals surface area contributed by atoms with E-state index in [1.165, 1.54) is 22.7 Å². The number of anilines is 1. The summed E-state index contributed by atoms with van der Waals surface area (Å²) in [5.41, 5.74) is 9.62. The molecule has 0 radical (unpaired) electrons. The summed E-state index contributed by atoms with van der Waals surface area (Å²) in [6.07, 6.45) is 1.51. The summed E-state index contributed by atoms with van der Waals surface area (Å²) in [5.74, 6) is 0.755. The second-order valence-corrected chi connectivity index (χ2v) is 7.39. The van der Waals surface area contributed by atoms with Gasteiger partial charge in [-0.25, -0.2) is 10.1 Å². The number of amides is 1. The summed E-state index contributed by atoms with van der Waals surface area (Å²) >= 11 is 1.50. The van der Waals surface area contributed by atoms with Crippen LogP contribution in [-0.2, 0) is 5.75 Å². The SMILES string of the molecule is COc1ccc(/C=N\NC(=O)c2nnn(-c3nonc3N)c2CSc2ccccc2)cc1. The fourth-order valence-electron chi connectivity index (χ4n) is 2.69. The number of hydrogen-bond donors (Lipinski definition) is 2. The number of thioether (sulfide) groups is 1. The van der Waals surface area contributed by atoms with Gasteiger partial charge >= 0.3 is 0 Å². The highest BCUT2D eigenvalue weighted by molar-refractivity contribution is 7.98. The van der Waals surface area contributed by atoms with Crippen LogP contribution in [0.2, 0.25) is 0 Å². The van der Waals surface area contributed by atoms with Crippen molar-refractivity contribution < 1.29 is 14.2 Å². The molecule has 12 heteroatoms. The van der Waals surface area contributed by atoms with Crippen LogP contribution in [0, 0.1) is 0 Å². The zero-order valence-corrected chi connectivity index (χ0v) is 17.7. The Morgan fingerprint density at radius 1 is 1.22 bits per heavy atom. The standard InChI is InChI=1S/C20H18N8O3S/c1-30-14-9-7-13(8-10-14)11-22-24-20(29)17-16(12-32-15-5-3-2-4-6-15)28(27-23-17)19-18(21)25-31-26-19/h2-11H,12H2,1H3,(H2,21,25)(H,24,29)/b22-11-. The third kappa shape index (κ3) is 4.75. The van der Waals surface area contributed by atoms with Gasteiger partial charge in [0.1, 0.15) is 5.75 Å². The molecule has 0 aliphatic rings. The van der Waals surface area contributed by atoms with Gasteiger partial charge < -0.3 is 10.5 Å². The van der Waals surface area contributed by atoms with Gasteiger partial charge in [0.25, 0.3) is 5.91 Å². The molecule has 2 aromatic heterocycles. The lowest BCUT2D eigenvalue weighted by molar-refractivity contribution is 0.0949. The van der Waals surface area contributed by atoms with Gasteiger partial charge in [-0.05, 0) is 52.3 Å². The van der Waals surface area contributed by atoms with E-state index in [0.29, 0.717) is 11.4 Å². The van der Waals surface area contributed by atoms with E-state index in [1.807, 2.05) is 42.5 Å².